The molecular formula is C16H20ClFN2O. The first kappa shape index (κ1) is 14.8. The molecule has 1 saturated carbocycles. The van der Waals surface area contributed by atoms with Gasteiger partial charge in [0.15, 0.2) is 0 Å². The molecule has 1 aromatic carbocycles. The molecule has 3 unspecified atom stereocenters. The number of ether oxygens (including phenoxy) is 1. The molecule has 0 N–H and O–H groups in total. The zero-order valence-electron chi connectivity index (χ0n) is 12.7. The molecule has 1 aliphatic rings. The lowest BCUT2D eigenvalue weighted by Crippen LogP contribution is -2.51. The number of imidazole rings is 1. The van der Waals surface area contributed by atoms with Crippen molar-refractivity contribution in [1.82, 2.24) is 9.55 Å². The van der Waals surface area contributed by atoms with E-state index in [1.165, 1.54) is 12.1 Å². The highest BCUT2D eigenvalue weighted by molar-refractivity contribution is 6.20. The smallest absolute Gasteiger partial charge is 0.127 e. The van der Waals surface area contributed by atoms with Gasteiger partial charge in [-0.2, -0.15) is 0 Å². The molecule has 21 heavy (non-hydrogen) atoms. The highest BCUT2D eigenvalue weighted by Crippen LogP contribution is 2.52. The first-order valence-corrected chi connectivity index (χ1v) is 7.64. The van der Waals surface area contributed by atoms with E-state index in [0.717, 1.165) is 17.8 Å². The maximum absolute atomic E-state index is 13.4. The van der Waals surface area contributed by atoms with E-state index in [1.54, 1.807) is 13.2 Å². The zero-order chi connectivity index (χ0) is 15.4. The van der Waals surface area contributed by atoms with Crippen molar-refractivity contribution < 1.29 is 9.13 Å². The van der Waals surface area contributed by atoms with Crippen LogP contribution in [0.15, 0.2) is 18.2 Å². The van der Waals surface area contributed by atoms with Crippen molar-refractivity contribution in [3.63, 3.8) is 0 Å². The first-order valence-electron chi connectivity index (χ1n) is 7.20. The van der Waals surface area contributed by atoms with Crippen molar-refractivity contribution >= 4 is 22.6 Å². The highest BCUT2D eigenvalue weighted by atomic mass is 35.5. The zero-order valence-corrected chi connectivity index (χ0v) is 13.5. The second-order valence-corrected chi connectivity index (χ2v) is 7.04. The number of benzene rings is 1. The van der Waals surface area contributed by atoms with E-state index in [1.807, 2.05) is 6.92 Å². The minimum Gasteiger partial charge on any atom is -0.381 e. The van der Waals surface area contributed by atoms with Gasteiger partial charge >= 0.3 is 0 Å². The topological polar surface area (TPSA) is 27.1 Å². The standard InChI is InChI=1S/C16H20ClFN2O/c1-9(17)15-19-11-7-10(18)5-6-12(11)20(15)13-8-14(21-4)16(13,2)3/h5-7,9,13-14H,8H2,1-4H3. The van der Waals surface area contributed by atoms with Crippen molar-refractivity contribution in [2.75, 3.05) is 7.11 Å². The largest absolute Gasteiger partial charge is 0.381 e. The number of hydrogen-bond acceptors (Lipinski definition) is 2. The first-order chi connectivity index (χ1) is 9.86. The molecule has 0 bridgehead atoms. The molecule has 1 aliphatic carbocycles. The molecule has 0 radical (unpaired) electrons. The predicted molar refractivity (Wildman–Crippen MR) is 82.2 cm³/mol. The quantitative estimate of drug-likeness (QED) is 0.783. The van der Waals surface area contributed by atoms with E-state index >= 15 is 0 Å². The van der Waals surface area contributed by atoms with Gasteiger partial charge < -0.3 is 9.30 Å². The van der Waals surface area contributed by atoms with Crippen LogP contribution in [-0.2, 0) is 4.74 Å². The van der Waals surface area contributed by atoms with Gasteiger partial charge in [-0.15, -0.1) is 11.6 Å². The molecule has 3 atom stereocenters. The third-order valence-electron chi connectivity index (χ3n) is 4.76. The number of methoxy groups -OCH3 is 1. The van der Waals surface area contributed by atoms with Crippen LogP contribution in [0.2, 0.25) is 0 Å². The highest BCUT2D eigenvalue weighted by Gasteiger charge is 2.50. The van der Waals surface area contributed by atoms with Crippen LogP contribution in [0.1, 0.15) is 44.4 Å². The Kier molecular flexibility index (Phi) is 3.49. The lowest BCUT2D eigenvalue weighted by Gasteiger charge is -2.52. The molecule has 114 valence electrons. The maximum atomic E-state index is 13.4. The molecule has 0 amide bonds. The minimum atomic E-state index is -0.274. The molecule has 1 heterocycles. The molecule has 1 aromatic heterocycles. The summed E-state index contributed by atoms with van der Waals surface area (Å²) < 4.78 is 21.1. The van der Waals surface area contributed by atoms with Crippen molar-refractivity contribution in [1.29, 1.82) is 0 Å². The van der Waals surface area contributed by atoms with E-state index < -0.39 is 0 Å². The summed E-state index contributed by atoms with van der Waals surface area (Å²) in [5.74, 6) is 0.522. The van der Waals surface area contributed by atoms with E-state index in [4.69, 9.17) is 16.3 Å². The fourth-order valence-corrected chi connectivity index (χ4v) is 3.56. The Morgan fingerprint density at radius 2 is 2.19 bits per heavy atom. The SMILES string of the molecule is COC1CC(n2c(C(C)Cl)nc3cc(F)ccc32)C1(C)C. The van der Waals surface area contributed by atoms with Crippen LogP contribution in [0.25, 0.3) is 11.0 Å². The predicted octanol–water partition coefficient (Wildman–Crippen LogP) is 4.46. The third-order valence-corrected chi connectivity index (χ3v) is 4.95. The molecule has 0 spiro atoms. The Morgan fingerprint density at radius 1 is 1.48 bits per heavy atom. The van der Waals surface area contributed by atoms with E-state index in [9.17, 15) is 4.39 Å². The molecule has 3 nitrogen and oxygen atoms in total. The van der Waals surface area contributed by atoms with Gasteiger partial charge in [0.05, 0.1) is 22.5 Å². The molecule has 3 rings (SSSR count). The van der Waals surface area contributed by atoms with Gasteiger partial charge in [-0.1, -0.05) is 13.8 Å². The van der Waals surface area contributed by atoms with Crippen LogP contribution in [0.4, 0.5) is 4.39 Å². The molecule has 0 aliphatic heterocycles. The van der Waals surface area contributed by atoms with Gasteiger partial charge in [0.1, 0.15) is 11.6 Å². The van der Waals surface area contributed by atoms with Crippen molar-refractivity contribution in [2.24, 2.45) is 5.41 Å². The molecule has 2 aromatic rings. The number of rotatable bonds is 3. The number of halogens is 2. The summed E-state index contributed by atoms with van der Waals surface area (Å²) in [7, 11) is 1.75. The normalized spacial score (nSPS) is 25.8. The van der Waals surface area contributed by atoms with Crippen LogP contribution in [0.5, 0.6) is 0 Å². The van der Waals surface area contributed by atoms with Gasteiger partial charge in [0.2, 0.25) is 0 Å². The second kappa shape index (κ2) is 4.96. The summed E-state index contributed by atoms with van der Waals surface area (Å²) in [6.07, 6.45) is 1.14. The number of fused-ring (bicyclic) bond motifs is 1. The van der Waals surface area contributed by atoms with Crippen LogP contribution >= 0.6 is 11.6 Å². The number of nitrogens with zero attached hydrogens (tertiary/aromatic N) is 2. The fourth-order valence-electron chi connectivity index (χ4n) is 3.40. The summed E-state index contributed by atoms with van der Waals surface area (Å²) in [5.41, 5.74) is 1.60. The van der Waals surface area contributed by atoms with Gasteiger partial charge in [-0.05, 0) is 25.5 Å². The number of aromatic nitrogens is 2. The van der Waals surface area contributed by atoms with Gasteiger partial charge in [0.25, 0.3) is 0 Å². The van der Waals surface area contributed by atoms with E-state index in [0.29, 0.717) is 5.52 Å². The summed E-state index contributed by atoms with van der Waals surface area (Å²) in [6.45, 7) is 6.27. The van der Waals surface area contributed by atoms with Gasteiger partial charge in [-0.25, -0.2) is 9.37 Å². The second-order valence-electron chi connectivity index (χ2n) is 6.39. The maximum Gasteiger partial charge on any atom is 0.127 e. The van der Waals surface area contributed by atoms with Crippen LogP contribution in [-0.4, -0.2) is 22.8 Å². The molecule has 1 fully saturated rings. The molecular weight excluding hydrogens is 291 g/mol. The number of hydrogen-bond donors (Lipinski definition) is 0. The Bertz CT molecular complexity index is 680. The van der Waals surface area contributed by atoms with Gasteiger partial charge in [0, 0.05) is 24.6 Å². The van der Waals surface area contributed by atoms with Crippen LogP contribution in [0.3, 0.4) is 0 Å². The van der Waals surface area contributed by atoms with Gasteiger partial charge in [-0.3, -0.25) is 0 Å². The number of alkyl halides is 1. The van der Waals surface area contributed by atoms with Crippen molar-refractivity contribution in [3.8, 4) is 0 Å². The van der Waals surface area contributed by atoms with Crippen LogP contribution < -0.4 is 0 Å². The molecule has 0 saturated heterocycles. The average Bonchev–Trinajstić information content (AvgIpc) is 2.76. The van der Waals surface area contributed by atoms with Crippen molar-refractivity contribution in [3.05, 3.63) is 29.8 Å². The Labute approximate surface area is 129 Å². The Balaban J connectivity index is 2.15. The lowest BCUT2D eigenvalue weighted by atomic mass is 9.64. The van der Waals surface area contributed by atoms with E-state index in [2.05, 4.69) is 23.4 Å². The lowest BCUT2D eigenvalue weighted by molar-refractivity contribution is -0.112. The summed E-state index contributed by atoms with van der Waals surface area (Å²) in [4.78, 5) is 4.54. The Hall–Kier alpha value is -1.13. The monoisotopic (exact) mass is 310 g/mol. The third kappa shape index (κ3) is 2.16. The molecule has 5 heteroatoms. The van der Waals surface area contributed by atoms with Crippen LogP contribution in [0, 0.1) is 11.2 Å². The summed E-state index contributed by atoms with van der Waals surface area (Å²) >= 11 is 6.30. The Morgan fingerprint density at radius 3 is 2.76 bits per heavy atom. The summed E-state index contributed by atoms with van der Waals surface area (Å²) in [6, 6.07) is 4.99. The summed E-state index contributed by atoms with van der Waals surface area (Å²) in [5, 5.41) is -0.224. The van der Waals surface area contributed by atoms with Crippen molar-refractivity contribution in [2.45, 2.75) is 44.7 Å². The minimum absolute atomic E-state index is 0.00268. The average molecular weight is 311 g/mol. The van der Waals surface area contributed by atoms with E-state index in [-0.39, 0.29) is 28.8 Å². The fraction of sp³-hybridized carbons (Fsp3) is 0.562.